The monoisotopic (exact) mass is 287 g/mol. The van der Waals surface area contributed by atoms with Crippen molar-refractivity contribution in [3.63, 3.8) is 0 Å². The van der Waals surface area contributed by atoms with Crippen molar-refractivity contribution in [1.82, 2.24) is 4.98 Å². The summed E-state index contributed by atoms with van der Waals surface area (Å²) < 4.78 is 31.5. The summed E-state index contributed by atoms with van der Waals surface area (Å²) in [6, 6.07) is 12.8. The summed E-state index contributed by atoms with van der Waals surface area (Å²) in [6.07, 6.45) is 0. The molecular formula is C16H11F2NO2. The number of H-pyrrole nitrogens is 1. The number of carbonyl (C=O) groups excluding carboxylic acids is 1. The van der Waals surface area contributed by atoms with Crippen molar-refractivity contribution in [1.29, 1.82) is 0 Å². The van der Waals surface area contributed by atoms with Gasteiger partial charge in [0.15, 0.2) is 11.6 Å². The lowest BCUT2D eigenvalue weighted by molar-refractivity contribution is 0.0462. The number of esters is 1. The van der Waals surface area contributed by atoms with Crippen LogP contribution < -0.4 is 0 Å². The maximum atomic E-state index is 13.4. The molecule has 3 aromatic rings. The molecule has 0 fully saturated rings. The van der Waals surface area contributed by atoms with E-state index >= 15 is 0 Å². The molecule has 0 unspecified atom stereocenters. The summed E-state index contributed by atoms with van der Waals surface area (Å²) in [4.78, 5) is 14.8. The predicted octanol–water partition coefficient (Wildman–Crippen LogP) is 3.80. The first-order chi connectivity index (χ1) is 10.1. The third kappa shape index (κ3) is 2.63. The first-order valence-electron chi connectivity index (χ1n) is 6.33. The molecule has 0 saturated heterocycles. The highest BCUT2D eigenvalue weighted by atomic mass is 19.2. The number of carbonyl (C=O) groups is 1. The minimum atomic E-state index is -0.998. The Balaban J connectivity index is 1.76. The van der Waals surface area contributed by atoms with Gasteiger partial charge in [-0.1, -0.05) is 30.3 Å². The van der Waals surface area contributed by atoms with E-state index < -0.39 is 17.6 Å². The van der Waals surface area contributed by atoms with Crippen LogP contribution in [0.25, 0.3) is 10.9 Å². The third-order valence-corrected chi connectivity index (χ3v) is 3.14. The molecule has 1 N–H and O–H groups in total. The maximum absolute atomic E-state index is 13.4. The van der Waals surface area contributed by atoms with E-state index in [0.717, 1.165) is 17.0 Å². The molecule has 1 heterocycles. The van der Waals surface area contributed by atoms with Crippen molar-refractivity contribution in [3.8, 4) is 0 Å². The van der Waals surface area contributed by atoms with E-state index in [0.29, 0.717) is 0 Å². The van der Waals surface area contributed by atoms with Crippen molar-refractivity contribution in [2.24, 2.45) is 0 Å². The lowest BCUT2D eigenvalue weighted by Crippen LogP contribution is -2.07. The highest BCUT2D eigenvalue weighted by Crippen LogP contribution is 2.17. The topological polar surface area (TPSA) is 42.1 Å². The summed E-state index contributed by atoms with van der Waals surface area (Å²) in [5.74, 6) is -2.58. The number of ether oxygens (including phenoxy) is 1. The fourth-order valence-corrected chi connectivity index (χ4v) is 2.06. The number of nitrogens with one attached hydrogen (secondary N) is 1. The minimum absolute atomic E-state index is 0.000499. The Morgan fingerprint density at radius 3 is 2.71 bits per heavy atom. The van der Waals surface area contributed by atoms with Gasteiger partial charge in [-0.05, 0) is 18.2 Å². The number of para-hydroxylation sites is 1. The lowest BCUT2D eigenvalue weighted by atomic mass is 10.2. The summed E-state index contributed by atoms with van der Waals surface area (Å²) in [7, 11) is 0. The van der Waals surface area contributed by atoms with Crippen LogP contribution in [0.3, 0.4) is 0 Å². The molecule has 3 rings (SSSR count). The normalized spacial score (nSPS) is 10.8. The van der Waals surface area contributed by atoms with E-state index in [1.54, 1.807) is 6.07 Å². The fourth-order valence-electron chi connectivity index (χ4n) is 2.06. The summed E-state index contributed by atoms with van der Waals surface area (Å²) in [5, 5.41) is 0.876. The number of hydrogen-bond acceptors (Lipinski definition) is 2. The average molecular weight is 287 g/mol. The fraction of sp³-hybridized carbons (Fsp3) is 0.0625. The van der Waals surface area contributed by atoms with Gasteiger partial charge in [0.25, 0.3) is 0 Å². The summed E-state index contributed by atoms with van der Waals surface area (Å²) >= 11 is 0. The Kier molecular flexibility index (Phi) is 3.39. The molecule has 0 bridgehead atoms. The zero-order valence-electron chi connectivity index (χ0n) is 10.9. The zero-order chi connectivity index (χ0) is 14.8. The third-order valence-electron chi connectivity index (χ3n) is 3.14. The molecule has 5 heteroatoms. The molecule has 0 aliphatic heterocycles. The van der Waals surface area contributed by atoms with Gasteiger partial charge in [-0.25, -0.2) is 13.6 Å². The molecule has 0 aliphatic rings. The Morgan fingerprint density at radius 2 is 1.90 bits per heavy atom. The molecule has 0 saturated carbocycles. The van der Waals surface area contributed by atoms with Gasteiger partial charge in [0.05, 0.1) is 0 Å². The van der Waals surface area contributed by atoms with E-state index in [-0.39, 0.29) is 17.9 Å². The Morgan fingerprint density at radius 1 is 1.10 bits per heavy atom. The highest BCUT2D eigenvalue weighted by molar-refractivity contribution is 5.94. The number of rotatable bonds is 3. The molecule has 0 spiro atoms. The van der Waals surface area contributed by atoms with Crippen LogP contribution in [0.4, 0.5) is 8.78 Å². The van der Waals surface area contributed by atoms with Crippen molar-refractivity contribution in [2.45, 2.75) is 6.61 Å². The molecular weight excluding hydrogens is 276 g/mol. The van der Waals surface area contributed by atoms with Gasteiger partial charge in [0, 0.05) is 16.5 Å². The van der Waals surface area contributed by atoms with Crippen LogP contribution in [0.5, 0.6) is 0 Å². The van der Waals surface area contributed by atoms with Gasteiger partial charge in [-0.2, -0.15) is 0 Å². The molecule has 21 heavy (non-hydrogen) atoms. The number of halogens is 2. The molecule has 3 nitrogen and oxygen atoms in total. The zero-order valence-corrected chi connectivity index (χ0v) is 10.9. The molecule has 1 aromatic heterocycles. The van der Waals surface area contributed by atoms with Gasteiger partial charge in [-0.15, -0.1) is 0 Å². The van der Waals surface area contributed by atoms with Crippen LogP contribution >= 0.6 is 0 Å². The van der Waals surface area contributed by atoms with Crippen LogP contribution in [0.2, 0.25) is 0 Å². The van der Waals surface area contributed by atoms with E-state index in [9.17, 15) is 13.6 Å². The standard InChI is InChI=1S/C16H11F2NO2/c17-12-6-3-5-11(15(12)18)9-21-16(20)14-8-10-4-1-2-7-13(10)19-14/h1-8,19H,9H2. The van der Waals surface area contributed by atoms with E-state index in [2.05, 4.69) is 4.98 Å². The van der Waals surface area contributed by atoms with Crippen LogP contribution in [0, 0.1) is 11.6 Å². The van der Waals surface area contributed by atoms with Gasteiger partial charge in [-0.3, -0.25) is 0 Å². The number of fused-ring (bicyclic) bond motifs is 1. The second kappa shape index (κ2) is 5.36. The van der Waals surface area contributed by atoms with E-state index in [1.165, 1.54) is 12.1 Å². The summed E-state index contributed by atoms with van der Waals surface area (Å²) in [5.41, 5.74) is 1.08. The second-order valence-corrected chi connectivity index (χ2v) is 4.56. The second-order valence-electron chi connectivity index (χ2n) is 4.56. The van der Waals surface area contributed by atoms with E-state index in [4.69, 9.17) is 4.74 Å². The van der Waals surface area contributed by atoms with Gasteiger partial charge >= 0.3 is 5.97 Å². The smallest absolute Gasteiger partial charge is 0.355 e. The number of aromatic nitrogens is 1. The van der Waals surface area contributed by atoms with Crippen LogP contribution in [0.15, 0.2) is 48.5 Å². The van der Waals surface area contributed by atoms with Crippen molar-refractivity contribution < 1.29 is 18.3 Å². The number of hydrogen-bond donors (Lipinski definition) is 1. The highest BCUT2D eigenvalue weighted by Gasteiger charge is 2.13. The minimum Gasteiger partial charge on any atom is -0.456 e. The number of aromatic amines is 1. The predicted molar refractivity (Wildman–Crippen MR) is 73.8 cm³/mol. The van der Waals surface area contributed by atoms with Crippen LogP contribution in [-0.4, -0.2) is 11.0 Å². The lowest BCUT2D eigenvalue weighted by Gasteiger charge is -2.05. The van der Waals surface area contributed by atoms with Gasteiger partial charge in [0.2, 0.25) is 0 Å². The maximum Gasteiger partial charge on any atom is 0.355 e. The Bertz CT molecular complexity index is 778. The first-order valence-corrected chi connectivity index (χ1v) is 6.33. The van der Waals surface area contributed by atoms with Gasteiger partial charge in [0.1, 0.15) is 12.3 Å². The molecule has 0 radical (unpaired) electrons. The quantitative estimate of drug-likeness (QED) is 0.744. The van der Waals surface area contributed by atoms with Gasteiger partial charge < -0.3 is 9.72 Å². The number of benzene rings is 2. The Labute approximate surface area is 119 Å². The van der Waals surface area contributed by atoms with Crippen molar-refractivity contribution >= 4 is 16.9 Å². The summed E-state index contributed by atoms with van der Waals surface area (Å²) in [6.45, 7) is -0.322. The Hall–Kier alpha value is -2.69. The molecule has 106 valence electrons. The van der Waals surface area contributed by atoms with Crippen molar-refractivity contribution in [2.75, 3.05) is 0 Å². The largest absolute Gasteiger partial charge is 0.456 e. The molecule has 0 aliphatic carbocycles. The first kappa shape index (κ1) is 13.3. The van der Waals surface area contributed by atoms with E-state index in [1.807, 2.05) is 24.3 Å². The average Bonchev–Trinajstić information content (AvgIpc) is 2.92. The molecule has 0 amide bonds. The van der Waals surface area contributed by atoms with Crippen molar-refractivity contribution in [3.05, 3.63) is 71.4 Å². The molecule has 2 aromatic carbocycles. The van der Waals surface area contributed by atoms with Crippen LogP contribution in [-0.2, 0) is 11.3 Å². The SMILES string of the molecule is O=C(OCc1cccc(F)c1F)c1cc2ccccc2[nH]1. The van der Waals surface area contributed by atoms with Crippen LogP contribution in [0.1, 0.15) is 16.1 Å². The molecule has 0 atom stereocenters.